The molecule has 15 heavy (non-hydrogen) atoms. The lowest BCUT2D eigenvalue weighted by Crippen LogP contribution is -2.48. The van der Waals surface area contributed by atoms with Crippen LogP contribution in [-0.2, 0) is 0 Å². The lowest BCUT2D eigenvalue weighted by atomic mass is 9.81. The molecule has 0 saturated heterocycles. The van der Waals surface area contributed by atoms with Crippen LogP contribution in [-0.4, -0.2) is 29.9 Å². The van der Waals surface area contributed by atoms with Crippen molar-refractivity contribution in [2.45, 2.75) is 64.5 Å². The lowest BCUT2D eigenvalue weighted by Gasteiger charge is -2.42. The van der Waals surface area contributed by atoms with Gasteiger partial charge in [-0.05, 0) is 26.7 Å². The van der Waals surface area contributed by atoms with Crippen molar-refractivity contribution in [3.8, 4) is 0 Å². The van der Waals surface area contributed by atoms with E-state index in [4.69, 9.17) is 4.99 Å². The summed E-state index contributed by atoms with van der Waals surface area (Å²) in [7, 11) is 2.19. The molecular weight excluding hydrogens is 184 g/mol. The predicted molar refractivity (Wildman–Crippen MR) is 65.3 cm³/mol. The Morgan fingerprint density at radius 2 is 1.80 bits per heavy atom. The summed E-state index contributed by atoms with van der Waals surface area (Å²) < 4.78 is 0. The first-order valence-electron chi connectivity index (χ1n) is 6.47. The molecule has 2 aliphatic rings. The van der Waals surface area contributed by atoms with Gasteiger partial charge in [0.25, 0.3) is 0 Å². The van der Waals surface area contributed by atoms with E-state index in [1.807, 2.05) is 0 Å². The Balaban J connectivity index is 2.15. The molecule has 86 valence electrons. The van der Waals surface area contributed by atoms with E-state index in [1.54, 1.807) is 0 Å². The number of rotatable bonds is 0. The minimum absolute atomic E-state index is 0.622. The number of amidine groups is 1. The number of hydrogen-bond donors (Lipinski definition) is 0. The van der Waals surface area contributed by atoms with Crippen LogP contribution < -0.4 is 0 Å². The highest BCUT2D eigenvalue weighted by Crippen LogP contribution is 2.32. The van der Waals surface area contributed by atoms with Gasteiger partial charge < -0.3 is 4.90 Å². The van der Waals surface area contributed by atoms with Crippen LogP contribution in [0.1, 0.15) is 52.4 Å². The van der Waals surface area contributed by atoms with Crippen LogP contribution in [0.15, 0.2) is 4.99 Å². The average Bonchev–Trinajstić information content (AvgIpc) is 2.18. The van der Waals surface area contributed by atoms with Crippen molar-refractivity contribution in [3.05, 3.63) is 0 Å². The van der Waals surface area contributed by atoms with Crippen molar-refractivity contribution in [2.75, 3.05) is 7.05 Å². The SMILES string of the molecule is CC1=NC2CCCCCCC2[C@H](C)N1C. The van der Waals surface area contributed by atoms with Gasteiger partial charge in [0, 0.05) is 19.0 Å². The zero-order valence-electron chi connectivity index (χ0n) is 10.4. The number of hydrogen-bond acceptors (Lipinski definition) is 2. The van der Waals surface area contributed by atoms with E-state index in [0.29, 0.717) is 12.1 Å². The normalized spacial score (nSPS) is 37.7. The predicted octanol–water partition coefficient (Wildman–Crippen LogP) is 3.08. The first-order valence-corrected chi connectivity index (χ1v) is 6.47. The van der Waals surface area contributed by atoms with Crippen molar-refractivity contribution in [2.24, 2.45) is 10.9 Å². The Morgan fingerprint density at radius 3 is 2.53 bits per heavy atom. The Morgan fingerprint density at radius 1 is 1.13 bits per heavy atom. The molecule has 0 aromatic heterocycles. The quantitative estimate of drug-likeness (QED) is 0.597. The molecule has 0 aromatic carbocycles. The van der Waals surface area contributed by atoms with Gasteiger partial charge in [0.15, 0.2) is 0 Å². The van der Waals surface area contributed by atoms with E-state index in [1.165, 1.54) is 44.4 Å². The smallest absolute Gasteiger partial charge is 0.0961 e. The van der Waals surface area contributed by atoms with Crippen LogP contribution in [0.25, 0.3) is 0 Å². The molecule has 3 atom stereocenters. The molecular formula is C13H24N2. The van der Waals surface area contributed by atoms with E-state index in [-0.39, 0.29) is 0 Å². The molecule has 2 nitrogen and oxygen atoms in total. The van der Waals surface area contributed by atoms with Crippen LogP contribution >= 0.6 is 0 Å². The Hall–Kier alpha value is -0.530. The highest BCUT2D eigenvalue weighted by atomic mass is 15.2. The fourth-order valence-electron chi connectivity index (χ4n) is 3.13. The molecule has 2 heteroatoms. The Kier molecular flexibility index (Phi) is 3.32. The van der Waals surface area contributed by atoms with Gasteiger partial charge in [0.05, 0.1) is 11.9 Å². The second-order valence-electron chi connectivity index (χ2n) is 5.25. The van der Waals surface area contributed by atoms with E-state index in [0.717, 1.165) is 5.92 Å². The molecule has 0 aromatic rings. The molecule has 1 aliphatic heterocycles. The fraction of sp³-hybridized carbons (Fsp3) is 0.923. The summed E-state index contributed by atoms with van der Waals surface area (Å²) in [5, 5.41) is 0. The molecule has 1 aliphatic carbocycles. The van der Waals surface area contributed by atoms with E-state index < -0.39 is 0 Å². The first kappa shape index (κ1) is 11.0. The molecule has 0 bridgehead atoms. The third-order valence-electron chi connectivity index (χ3n) is 4.38. The highest BCUT2D eigenvalue weighted by Gasteiger charge is 2.33. The summed E-state index contributed by atoms with van der Waals surface area (Å²) >= 11 is 0. The van der Waals surface area contributed by atoms with Crippen LogP contribution in [0.5, 0.6) is 0 Å². The van der Waals surface area contributed by atoms with Crippen molar-refractivity contribution in [1.29, 1.82) is 0 Å². The monoisotopic (exact) mass is 208 g/mol. The molecule has 0 spiro atoms. The molecule has 2 unspecified atom stereocenters. The third-order valence-corrected chi connectivity index (χ3v) is 4.38. The fourth-order valence-corrected chi connectivity index (χ4v) is 3.13. The third kappa shape index (κ3) is 2.19. The van der Waals surface area contributed by atoms with Gasteiger partial charge in [-0.15, -0.1) is 0 Å². The van der Waals surface area contributed by atoms with Crippen LogP contribution in [0, 0.1) is 5.92 Å². The summed E-state index contributed by atoms with van der Waals surface area (Å²) in [6.45, 7) is 4.53. The molecule has 2 rings (SSSR count). The van der Waals surface area contributed by atoms with Crippen molar-refractivity contribution >= 4 is 5.84 Å². The summed E-state index contributed by atoms with van der Waals surface area (Å²) in [4.78, 5) is 7.24. The van der Waals surface area contributed by atoms with Gasteiger partial charge in [-0.1, -0.05) is 25.7 Å². The topological polar surface area (TPSA) is 15.6 Å². The minimum Gasteiger partial charge on any atom is -0.361 e. The van der Waals surface area contributed by atoms with Crippen LogP contribution in [0.4, 0.5) is 0 Å². The zero-order valence-corrected chi connectivity index (χ0v) is 10.4. The summed E-state index contributed by atoms with van der Waals surface area (Å²) in [6, 6.07) is 1.31. The zero-order chi connectivity index (χ0) is 10.8. The molecule has 1 heterocycles. The summed E-state index contributed by atoms with van der Waals surface area (Å²) in [6.07, 6.45) is 8.35. The maximum absolute atomic E-state index is 4.88. The van der Waals surface area contributed by atoms with Gasteiger partial charge >= 0.3 is 0 Å². The van der Waals surface area contributed by atoms with Gasteiger partial charge in [-0.3, -0.25) is 4.99 Å². The second kappa shape index (κ2) is 4.54. The maximum atomic E-state index is 4.88. The van der Waals surface area contributed by atoms with E-state index >= 15 is 0 Å². The average molecular weight is 208 g/mol. The van der Waals surface area contributed by atoms with Crippen LogP contribution in [0.2, 0.25) is 0 Å². The second-order valence-corrected chi connectivity index (χ2v) is 5.25. The molecule has 0 amide bonds. The number of aliphatic imine (C=N–C) groups is 1. The standard InChI is InChI=1S/C13H24N2/c1-10-12-8-6-4-5-7-9-13(12)14-11(2)15(10)3/h10,12-13H,4-9H2,1-3H3/t10-,12?,13?/m0/s1. The Labute approximate surface area is 93.8 Å². The van der Waals surface area contributed by atoms with Gasteiger partial charge in [0.1, 0.15) is 0 Å². The van der Waals surface area contributed by atoms with Crippen molar-refractivity contribution in [3.63, 3.8) is 0 Å². The molecule has 0 radical (unpaired) electrons. The molecule has 0 N–H and O–H groups in total. The minimum atomic E-state index is 0.622. The lowest BCUT2D eigenvalue weighted by molar-refractivity contribution is 0.187. The summed E-state index contributed by atoms with van der Waals surface area (Å²) in [5.41, 5.74) is 0. The van der Waals surface area contributed by atoms with Gasteiger partial charge in [0.2, 0.25) is 0 Å². The Bertz CT molecular complexity index is 247. The van der Waals surface area contributed by atoms with Gasteiger partial charge in [-0.25, -0.2) is 0 Å². The summed E-state index contributed by atoms with van der Waals surface area (Å²) in [5.74, 6) is 2.04. The molecule has 1 fully saturated rings. The van der Waals surface area contributed by atoms with Crippen LogP contribution in [0.3, 0.4) is 0 Å². The first-order chi connectivity index (χ1) is 7.20. The largest absolute Gasteiger partial charge is 0.361 e. The van der Waals surface area contributed by atoms with Gasteiger partial charge in [-0.2, -0.15) is 0 Å². The molecule has 1 saturated carbocycles. The number of nitrogens with zero attached hydrogens (tertiary/aromatic N) is 2. The van der Waals surface area contributed by atoms with Crippen molar-refractivity contribution < 1.29 is 0 Å². The van der Waals surface area contributed by atoms with E-state index in [2.05, 4.69) is 25.8 Å². The maximum Gasteiger partial charge on any atom is 0.0961 e. The highest BCUT2D eigenvalue weighted by molar-refractivity contribution is 5.80. The number of fused-ring (bicyclic) bond motifs is 1. The van der Waals surface area contributed by atoms with Crippen molar-refractivity contribution in [1.82, 2.24) is 4.90 Å². The van der Waals surface area contributed by atoms with E-state index in [9.17, 15) is 0 Å².